The van der Waals surface area contributed by atoms with Gasteiger partial charge in [0.1, 0.15) is 10.8 Å². The van der Waals surface area contributed by atoms with Gasteiger partial charge in [-0.15, -0.1) is 0 Å². The largest absolute Gasteiger partial charge is 0.444 e. The highest BCUT2D eigenvalue weighted by atomic mass is 35.5. The Bertz CT molecular complexity index is 642. The average Bonchev–Trinajstić information content (AvgIpc) is 2.44. The summed E-state index contributed by atoms with van der Waals surface area (Å²) in [6.45, 7) is 10.6. The van der Waals surface area contributed by atoms with Crippen molar-refractivity contribution in [2.75, 3.05) is 19.6 Å². The van der Waals surface area contributed by atoms with Crippen LogP contribution in [0, 0.1) is 6.92 Å². The van der Waals surface area contributed by atoms with Crippen molar-refractivity contribution in [1.82, 2.24) is 14.8 Å². The Labute approximate surface area is 147 Å². The van der Waals surface area contributed by atoms with Gasteiger partial charge in [-0.25, -0.2) is 9.78 Å². The number of hydrogen-bond donors (Lipinski definition) is 0. The molecule has 6 nitrogen and oxygen atoms in total. The maximum Gasteiger partial charge on any atom is 0.410 e. The minimum Gasteiger partial charge on any atom is -0.444 e. The van der Waals surface area contributed by atoms with Crippen LogP contribution in [0.1, 0.15) is 43.7 Å². The molecule has 0 spiro atoms. The molecule has 1 fully saturated rings. The fraction of sp³-hybridized carbons (Fsp3) is 0.588. The summed E-state index contributed by atoms with van der Waals surface area (Å²) < 4.78 is 5.42. The van der Waals surface area contributed by atoms with E-state index in [-0.39, 0.29) is 18.0 Å². The van der Waals surface area contributed by atoms with Crippen LogP contribution in [0.2, 0.25) is 5.15 Å². The molecule has 1 aromatic heterocycles. The molecule has 7 heteroatoms. The number of nitrogens with zero attached hydrogens (tertiary/aromatic N) is 3. The van der Waals surface area contributed by atoms with Gasteiger partial charge in [0.2, 0.25) is 0 Å². The molecule has 2 heterocycles. The number of halogens is 1. The molecule has 1 saturated heterocycles. The molecule has 0 aliphatic carbocycles. The summed E-state index contributed by atoms with van der Waals surface area (Å²) in [5.41, 5.74) is 0.614. The number of ether oxygens (including phenoxy) is 1. The second-order valence-corrected chi connectivity index (χ2v) is 7.43. The fourth-order valence-corrected chi connectivity index (χ4v) is 2.85. The summed E-state index contributed by atoms with van der Waals surface area (Å²) in [5, 5.41) is 0.368. The van der Waals surface area contributed by atoms with Gasteiger partial charge in [0.25, 0.3) is 5.91 Å². The highest BCUT2D eigenvalue weighted by Gasteiger charge is 2.33. The lowest BCUT2D eigenvalue weighted by Crippen LogP contribution is -2.56. The van der Waals surface area contributed by atoms with Crippen LogP contribution in [0.3, 0.4) is 0 Å². The number of amides is 2. The maximum absolute atomic E-state index is 12.7. The normalized spacial score (nSPS) is 18.5. The van der Waals surface area contributed by atoms with E-state index in [4.69, 9.17) is 16.3 Å². The van der Waals surface area contributed by atoms with Gasteiger partial charge in [-0.1, -0.05) is 11.6 Å². The lowest BCUT2D eigenvalue weighted by atomic mass is 10.1. The van der Waals surface area contributed by atoms with E-state index in [9.17, 15) is 9.59 Å². The van der Waals surface area contributed by atoms with Crippen LogP contribution in [0.4, 0.5) is 4.79 Å². The lowest BCUT2D eigenvalue weighted by Gasteiger charge is -2.40. The fourth-order valence-electron chi connectivity index (χ4n) is 2.66. The van der Waals surface area contributed by atoms with Gasteiger partial charge in [0.05, 0.1) is 11.3 Å². The number of piperazine rings is 1. The molecule has 2 rings (SSSR count). The van der Waals surface area contributed by atoms with Crippen molar-refractivity contribution in [3.63, 3.8) is 0 Å². The first-order valence-corrected chi connectivity index (χ1v) is 8.38. The number of pyridine rings is 1. The van der Waals surface area contributed by atoms with Gasteiger partial charge in [-0.05, 0) is 46.8 Å². The first-order valence-electron chi connectivity index (χ1n) is 8.00. The second kappa shape index (κ2) is 6.97. The zero-order valence-electron chi connectivity index (χ0n) is 14.8. The molecule has 0 unspecified atom stereocenters. The number of aromatic nitrogens is 1. The van der Waals surface area contributed by atoms with Crippen molar-refractivity contribution in [3.8, 4) is 0 Å². The number of aryl methyl sites for hydroxylation is 1. The first-order chi connectivity index (χ1) is 11.1. The summed E-state index contributed by atoms with van der Waals surface area (Å²) in [7, 11) is 0. The minimum atomic E-state index is -0.532. The molecule has 0 radical (unpaired) electrons. The van der Waals surface area contributed by atoms with E-state index in [2.05, 4.69) is 4.98 Å². The van der Waals surface area contributed by atoms with Crippen LogP contribution in [-0.2, 0) is 4.74 Å². The monoisotopic (exact) mass is 353 g/mol. The third-order valence-corrected chi connectivity index (χ3v) is 4.04. The Hall–Kier alpha value is -1.82. The summed E-state index contributed by atoms with van der Waals surface area (Å²) >= 11 is 5.84. The van der Waals surface area contributed by atoms with Crippen LogP contribution >= 0.6 is 11.6 Å². The molecule has 1 aromatic rings. The third kappa shape index (κ3) is 4.38. The van der Waals surface area contributed by atoms with Crippen molar-refractivity contribution in [2.45, 2.75) is 46.3 Å². The Morgan fingerprint density at radius 2 is 1.96 bits per heavy atom. The van der Waals surface area contributed by atoms with E-state index < -0.39 is 5.60 Å². The zero-order valence-corrected chi connectivity index (χ0v) is 15.6. The topological polar surface area (TPSA) is 62.7 Å². The predicted octanol–water partition coefficient (Wildman–Crippen LogP) is 3.12. The molecule has 0 bridgehead atoms. The quantitative estimate of drug-likeness (QED) is 0.728. The second-order valence-electron chi connectivity index (χ2n) is 7.04. The average molecular weight is 354 g/mol. The van der Waals surface area contributed by atoms with E-state index in [1.807, 2.05) is 27.7 Å². The maximum atomic E-state index is 12.7. The highest BCUT2D eigenvalue weighted by Crippen LogP contribution is 2.19. The van der Waals surface area contributed by atoms with Crippen LogP contribution in [0.5, 0.6) is 0 Å². The van der Waals surface area contributed by atoms with Crippen LogP contribution in [0.15, 0.2) is 12.1 Å². The minimum absolute atomic E-state index is 0.0904. The van der Waals surface area contributed by atoms with Crippen molar-refractivity contribution in [1.29, 1.82) is 0 Å². The molecule has 132 valence electrons. The highest BCUT2D eigenvalue weighted by molar-refractivity contribution is 6.29. The van der Waals surface area contributed by atoms with E-state index in [1.165, 1.54) is 0 Å². The molecule has 1 aliphatic heterocycles. The number of rotatable bonds is 1. The molecule has 1 atom stereocenters. The van der Waals surface area contributed by atoms with Gasteiger partial charge < -0.3 is 14.5 Å². The third-order valence-electron chi connectivity index (χ3n) is 3.82. The van der Waals surface area contributed by atoms with Gasteiger partial charge in [-0.2, -0.15) is 0 Å². The van der Waals surface area contributed by atoms with Gasteiger partial charge >= 0.3 is 6.09 Å². The Balaban J connectivity index is 2.05. The zero-order chi connectivity index (χ0) is 18.1. The molecular weight excluding hydrogens is 330 g/mol. The first kappa shape index (κ1) is 18.5. The van der Waals surface area contributed by atoms with Crippen molar-refractivity contribution >= 4 is 23.6 Å². The molecule has 0 saturated carbocycles. The van der Waals surface area contributed by atoms with Gasteiger partial charge in [-0.3, -0.25) is 4.79 Å². The molecule has 0 N–H and O–H groups in total. The van der Waals surface area contributed by atoms with E-state index in [0.717, 1.165) is 0 Å². The van der Waals surface area contributed by atoms with Crippen LogP contribution < -0.4 is 0 Å². The number of carbonyl (C=O) groups excluding carboxylic acids is 2. The summed E-state index contributed by atoms with van der Waals surface area (Å²) in [6.07, 6.45) is -0.341. The van der Waals surface area contributed by atoms with E-state index in [1.54, 1.807) is 28.9 Å². The summed E-state index contributed by atoms with van der Waals surface area (Å²) in [6, 6.07) is 3.19. The standard InChI is InChI=1S/C17H24ClN3O3/c1-11-10-20(8-9-21(11)16(23)24-17(3,4)5)15(22)13-6-7-14(18)19-12(13)2/h6-7,11H,8-10H2,1-5H3/t11-/m1/s1. The summed E-state index contributed by atoms with van der Waals surface area (Å²) in [5.74, 6) is -0.0904. The van der Waals surface area contributed by atoms with Gasteiger partial charge in [0.15, 0.2) is 0 Å². The Morgan fingerprint density at radius 1 is 1.29 bits per heavy atom. The van der Waals surface area contributed by atoms with Crippen molar-refractivity contribution in [2.24, 2.45) is 0 Å². The van der Waals surface area contributed by atoms with E-state index >= 15 is 0 Å². The number of carbonyl (C=O) groups is 2. The SMILES string of the molecule is Cc1nc(Cl)ccc1C(=O)N1CCN(C(=O)OC(C)(C)C)[C@H](C)C1. The smallest absolute Gasteiger partial charge is 0.410 e. The van der Waals surface area contributed by atoms with Crippen molar-refractivity contribution in [3.05, 3.63) is 28.5 Å². The summed E-state index contributed by atoms with van der Waals surface area (Å²) in [4.78, 5) is 32.5. The van der Waals surface area contributed by atoms with Crippen LogP contribution in [-0.4, -0.2) is 58.1 Å². The Kier molecular flexibility index (Phi) is 5.38. The molecule has 24 heavy (non-hydrogen) atoms. The van der Waals surface area contributed by atoms with E-state index in [0.29, 0.717) is 36.0 Å². The molecule has 2 amide bonds. The number of hydrogen-bond acceptors (Lipinski definition) is 4. The van der Waals surface area contributed by atoms with Gasteiger partial charge in [0, 0.05) is 25.7 Å². The Morgan fingerprint density at radius 3 is 2.50 bits per heavy atom. The van der Waals surface area contributed by atoms with Crippen molar-refractivity contribution < 1.29 is 14.3 Å². The lowest BCUT2D eigenvalue weighted by molar-refractivity contribution is 0.00196. The predicted molar refractivity (Wildman–Crippen MR) is 92.3 cm³/mol. The molecular formula is C17H24ClN3O3. The molecule has 0 aromatic carbocycles. The van der Waals surface area contributed by atoms with Crippen LogP contribution in [0.25, 0.3) is 0 Å². The molecule has 1 aliphatic rings.